The number of anilines is 1. The highest BCUT2D eigenvalue weighted by molar-refractivity contribution is 6.46. The van der Waals surface area contributed by atoms with Gasteiger partial charge in [0.05, 0.1) is 18.2 Å². The maximum Gasteiger partial charge on any atom is 0.295 e. The van der Waals surface area contributed by atoms with E-state index in [1.54, 1.807) is 18.5 Å². The average Bonchev–Trinajstić information content (AvgIpc) is 3.19. The van der Waals surface area contributed by atoms with Crippen molar-refractivity contribution in [3.05, 3.63) is 94.8 Å². The monoisotopic (exact) mass is 527 g/mol. The Morgan fingerprint density at radius 2 is 1.67 bits per heavy atom. The highest BCUT2D eigenvalue weighted by atomic mass is 16.5. The van der Waals surface area contributed by atoms with Crippen LogP contribution in [0.25, 0.3) is 5.76 Å². The number of ketones is 1. The van der Waals surface area contributed by atoms with Crippen LogP contribution in [0, 0.1) is 0 Å². The van der Waals surface area contributed by atoms with Gasteiger partial charge in [0.2, 0.25) is 0 Å². The molecule has 1 amide bonds. The third kappa shape index (κ3) is 5.67. The predicted molar refractivity (Wildman–Crippen MR) is 154 cm³/mol. The molecule has 39 heavy (non-hydrogen) atoms. The summed E-state index contributed by atoms with van der Waals surface area (Å²) in [5.41, 5.74) is 4.16. The summed E-state index contributed by atoms with van der Waals surface area (Å²) < 4.78 is 5.78. The normalized spacial score (nSPS) is 16.7. The minimum Gasteiger partial charge on any atom is -0.507 e. The summed E-state index contributed by atoms with van der Waals surface area (Å²) in [7, 11) is 0. The van der Waals surface area contributed by atoms with Crippen molar-refractivity contribution in [2.24, 2.45) is 0 Å². The van der Waals surface area contributed by atoms with Gasteiger partial charge in [-0.15, -0.1) is 0 Å². The summed E-state index contributed by atoms with van der Waals surface area (Å²) in [4.78, 5) is 34.7. The van der Waals surface area contributed by atoms with Gasteiger partial charge >= 0.3 is 0 Å². The first-order chi connectivity index (χ1) is 18.8. The van der Waals surface area contributed by atoms with Gasteiger partial charge in [-0.1, -0.05) is 26.0 Å². The highest BCUT2D eigenvalue weighted by Gasteiger charge is 2.46. The molecule has 7 nitrogen and oxygen atoms in total. The van der Waals surface area contributed by atoms with Crippen molar-refractivity contribution < 1.29 is 19.4 Å². The summed E-state index contributed by atoms with van der Waals surface area (Å²) >= 11 is 0. The number of hydrogen-bond acceptors (Lipinski definition) is 6. The third-order valence-corrected chi connectivity index (χ3v) is 7.18. The van der Waals surface area contributed by atoms with E-state index < -0.39 is 17.7 Å². The molecule has 204 valence electrons. The molecule has 2 heterocycles. The molecule has 0 bridgehead atoms. The molecule has 1 aliphatic heterocycles. The number of pyridine rings is 1. The van der Waals surface area contributed by atoms with E-state index in [0.29, 0.717) is 12.2 Å². The first kappa shape index (κ1) is 27.9. The summed E-state index contributed by atoms with van der Waals surface area (Å²) in [6.07, 6.45) is 3.32. The number of aromatic nitrogens is 1. The third-order valence-electron chi connectivity index (χ3n) is 7.18. The standard InChI is InChI=1S/C32H37N3O4/c1-6-34(7-2)25-12-9-23(10-13-25)29-28(31(37)32(38)35(29)20-22-15-17-33-18-16-22)30(36)24-11-14-27(39-8-3)26(19-24)21(4)5/h9-19,21,29,36H,6-8,20H2,1-5H3/b30-28-. The lowest BCUT2D eigenvalue weighted by Crippen LogP contribution is -2.29. The molecule has 1 aliphatic rings. The fourth-order valence-corrected chi connectivity index (χ4v) is 5.12. The molecule has 1 N–H and O–H groups in total. The Bertz CT molecular complexity index is 1350. The van der Waals surface area contributed by atoms with Crippen molar-refractivity contribution in [2.75, 3.05) is 24.6 Å². The van der Waals surface area contributed by atoms with E-state index in [9.17, 15) is 14.7 Å². The van der Waals surface area contributed by atoms with Gasteiger partial charge in [-0.3, -0.25) is 14.6 Å². The fraction of sp³-hybridized carbons (Fsp3) is 0.344. The van der Waals surface area contributed by atoms with Crippen molar-refractivity contribution in [3.8, 4) is 5.75 Å². The molecule has 0 spiro atoms. The van der Waals surface area contributed by atoms with Crippen LogP contribution < -0.4 is 9.64 Å². The zero-order valence-corrected chi connectivity index (χ0v) is 23.3. The number of aliphatic hydroxyl groups is 1. The largest absolute Gasteiger partial charge is 0.507 e. The zero-order valence-electron chi connectivity index (χ0n) is 23.3. The van der Waals surface area contributed by atoms with Crippen LogP contribution in [0.3, 0.4) is 0 Å². The van der Waals surface area contributed by atoms with E-state index in [-0.39, 0.29) is 23.8 Å². The predicted octanol–water partition coefficient (Wildman–Crippen LogP) is 6.07. The molecule has 1 fully saturated rings. The number of ether oxygens (including phenoxy) is 1. The van der Waals surface area contributed by atoms with E-state index in [0.717, 1.165) is 41.2 Å². The Labute approximate surface area is 230 Å². The number of likely N-dealkylation sites (tertiary alicyclic amines) is 1. The zero-order chi connectivity index (χ0) is 28.1. The number of amides is 1. The van der Waals surface area contributed by atoms with Gasteiger partial charge in [-0.2, -0.15) is 0 Å². The molecular weight excluding hydrogens is 490 g/mol. The Morgan fingerprint density at radius 3 is 2.26 bits per heavy atom. The molecular formula is C32H37N3O4. The number of aliphatic hydroxyl groups excluding tert-OH is 1. The van der Waals surface area contributed by atoms with Crippen molar-refractivity contribution in [3.63, 3.8) is 0 Å². The molecule has 7 heteroatoms. The van der Waals surface area contributed by atoms with Crippen LogP contribution in [0.5, 0.6) is 5.75 Å². The first-order valence-electron chi connectivity index (χ1n) is 13.6. The minimum atomic E-state index is -0.738. The van der Waals surface area contributed by atoms with Gasteiger partial charge in [0.1, 0.15) is 11.5 Å². The molecule has 1 atom stereocenters. The van der Waals surface area contributed by atoms with Gasteiger partial charge in [0.25, 0.3) is 11.7 Å². The number of nitrogens with zero attached hydrogens (tertiary/aromatic N) is 3. The SMILES string of the molecule is CCOc1ccc(/C(O)=C2/C(=O)C(=O)N(Cc3ccncc3)C2c2ccc(N(CC)CC)cc2)cc1C(C)C. The van der Waals surface area contributed by atoms with Crippen LogP contribution in [0.2, 0.25) is 0 Å². The average molecular weight is 528 g/mol. The lowest BCUT2D eigenvalue weighted by Gasteiger charge is -2.27. The van der Waals surface area contributed by atoms with Gasteiger partial charge < -0.3 is 19.6 Å². The number of carbonyl (C=O) groups is 2. The molecule has 3 aromatic rings. The van der Waals surface area contributed by atoms with E-state index in [2.05, 4.69) is 23.7 Å². The number of hydrogen-bond donors (Lipinski definition) is 1. The summed E-state index contributed by atoms with van der Waals surface area (Å²) in [5, 5.41) is 11.6. The van der Waals surface area contributed by atoms with Crippen LogP contribution in [-0.2, 0) is 16.1 Å². The van der Waals surface area contributed by atoms with Gasteiger partial charge in [0, 0.05) is 43.3 Å². The summed E-state index contributed by atoms with van der Waals surface area (Å²) in [6.45, 7) is 12.7. The Hall–Kier alpha value is -4.13. The number of Topliss-reactive ketones (excluding diaryl/α,β-unsaturated/α-hetero) is 1. The van der Waals surface area contributed by atoms with Crippen molar-refractivity contribution >= 4 is 23.1 Å². The molecule has 1 unspecified atom stereocenters. The molecule has 0 radical (unpaired) electrons. The Morgan fingerprint density at radius 1 is 1.00 bits per heavy atom. The van der Waals surface area contributed by atoms with E-state index in [1.165, 1.54) is 4.90 Å². The van der Waals surface area contributed by atoms with Crippen molar-refractivity contribution in [2.45, 2.75) is 53.1 Å². The number of benzene rings is 2. The molecule has 0 aliphatic carbocycles. The maximum atomic E-state index is 13.5. The van der Waals surface area contributed by atoms with Crippen LogP contribution in [0.4, 0.5) is 5.69 Å². The van der Waals surface area contributed by atoms with E-state index in [1.807, 2.05) is 69.3 Å². The van der Waals surface area contributed by atoms with Gasteiger partial charge in [-0.05, 0) is 85.8 Å². The van der Waals surface area contributed by atoms with E-state index >= 15 is 0 Å². The molecule has 4 rings (SSSR count). The quantitative estimate of drug-likeness (QED) is 0.196. The van der Waals surface area contributed by atoms with Crippen LogP contribution in [0.15, 0.2) is 72.6 Å². The summed E-state index contributed by atoms with van der Waals surface area (Å²) in [5.74, 6) is -0.642. The first-order valence-corrected chi connectivity index (χ1v) is 13.6. The smallest absolute Gasteiger partial charge is 0.295 e. The highest BCUT2D eigenvalue weighted by Crippen LogP contribution is 2.41. The second-order valence-corrected chi connectivity index (χ2v) is 9.89. The van der Waals surface area contributed by atoms with Crippen LogP contribution in [-0.4, -0.2) is 46.4 Å². The van der Waals surface area contributed by atoms with Crippen molar-refractivity contribution in [1.29, 1.82) is 0 Å². The second kappa shape index (κ2) is 12.2. The number of carbonyl (C=O) groups excluding carboxylic acids is 2. The Kier molecular flexibility index (Phi) is 8.69. The van der Waals surface area contributed by atoms with E-state index in [4.69, 9.17) is 4.74 Å². The topological polar surface area (TPSA) is 83.0 Å². The lowest BCUT2D eigenvalue weighted by molar-refractivity contribution is -0.140. The fourth-order valence-electron chi connectivity index (χ4n) is 5.12. The Balaban J connectivity index is 1.85. The molecule has 2 aromatic carbocycles. The second-order valence-electron chi connectivity index (χ2n) is 9.89. The lowest BCUT2D eigenvalue weighted by atomic mass is 9.93. The molecule has 0 saturated carbocycles. The van der Waals surface area contributed by atoms with Gasteiger partial charge in [0.15, 0.2) is 0 Å². The molecule has 1 saturated heterocycles. The van der Waals surface area contributed by atoms with Gasteiger partial charge in [-0.25, -0.2) is 0 Å². The summed E-state index contributed by atoms with van der Waals surface area (Å²) in [6, 6.07) is 16.2. The van der Waals surface area contributed by atoms with Crippen LogP contribution >= 0.6 is 0 Å². The van der Waals surface area contributed by atoms with Crippen molar-refractivity contribution in [1.82, 2.24) is 9.88 Å². The van der Waals surface area contributed by atoms with Crippen LogP contribution in [0.1, 0.15) is 68.8 Å². The maximum absolute atomic E-state index is 13.5. The minimum absolute atomic E-state index is 0.0866. The molecule has 1 aromatic heterocycles. The number of rotatable bonds is 10.